The summed E-state index contributed by atoms with van der Waals surface area (Å²) in [4.78, 5) is 23.1. The van der Waals surface area contributed by atoms with Gasteiger partial charge < -0.3 is 14.6 Å². The Morgan fingerprint density at radius 3 is 2.60 bits per heavy atom. The summed E-state index contributed by atoms with van der Waals surface area (Å²) in [5.74, 6) is -0.545. The first-order valence-electron chi connectivity index (χ1n) is 10.4. The van der Waals surface area contributed by atoms with Crippen molar-refractivity contribution < 1.29 is 22.0 Å². The molecule has 35 heavy (non-hydrogen) atoms. The van der Waals surface area contributed by atoms with Crippen LogP contribution in [0.3, 0.4) is 0 Å². The van der Waals surface area contributed by atoms with Crippen LogP contribution >= 0.6 is 11.6 Å². The van der Waals surface area contributed by atoms with Gasteiger partial charge in [-0.1, -0.05) is 35.9 Å². The van der Waals surface area contributed by atoms with Crippen molar-refractivity contribution in [1.82, 2.24) is 9.97 Å². The molecule has 0 bridgehead atoms. The van der Waals surface area contributed by atoms with Crippen LogP contribution in [0.1, 0.15) is 21.8 Å². The lowest BCUT2D eigenvalue weighted by Crippen LogP contribution is -2.27. The van der Waals surface area contributed by atoms with Crippen molar-refractivity contribution >= 4 is 38.7 Å². The molecule has 1 amide bonds. The average Bonchev–Trinajstić information content (AvgIpc) is 3.32. The molecule has 2 heterocycles. The Labute approximate surface area is 206 Å². The van der Waals surface area contributed by atoms with Crippen LogP contribution in [0.4, 0.5) is 15.8 Å². The topological polar surface area (TPSA) is 105 Å². The number of nitrogens with zero attached hydrogens (tertiary/aromatic N) is 3. The van der Waals surface area contributed by atoms with Gasteiger partial charge in [-0.15, -0.1) is 0 Å². The van der Waals surface area contributed by atoms with E-state index in [1.165, 1.54) is 24.6 Å². The van der Waals surface area contributed by atoms with E-state index in [0.29, 0.717) is 22.0 Å². The van der Waals surface area contributed by atoms with Crippen LogP contribution in [0, 0.1) is 5.82 Å². The fourth-order valence-electron chi connectivity index (χ4n) is 3.35. The zero-order chi connectivity index (χ0) is 25.0. The number of amides is 1. The van der Waals surface area contributed by atoms with Crippen LogP contribution < -0.4 is 10.2 Å². The standard InChI is InChI=1S/C24H20ClFN4O4S/c1-35(32,33)24-27-13-21(22(29-24)23(31)28-20-10-3-2-9-19(20)25)30(15-18-8-5-11-34-18)14-16-6-4-7-17(26)12-16/h2-13H,14-15H2,1H3,(H,28,31). The summed E-state index contributed by atoms with van der Waals surface area (Å²) in [7, 11) is -3.81. The molecule has 1 N–H and O–H groups in total. The Kier molecular flexibility index (Phi) is 7.13. The summed E-state index contributed by atoms with van der Waals surface area (Å²) >= 11 is 6.18. The number of hydrogen-bond acceptors (Lipinski definition) is 7. The maximum absolute atomic E-state index is 13.9. The van der Waals surface area contributed by atoms with Crippen molar-refractivity contribution in [2.24, 2.45) is 0 Å². The smallest absolute Gasteiger partial charge is 0.276 e. The van der Waals surface area contributed by atoms with Gasteiger partial charge in [0.2, 0.25) is 15.0 Å². The molecule has 4 rings (SSSR count). The number of nitrogens with one attached hydrogen (secondary N) is 1. The second-order valence-electron chi connectivity index (χ2n) is 7.66. The SMILES string of the molecule is CS(=O)(=O)c1ncc(N(Cc2cccc(F)c2)Cc2ccco2)c(C(=O)Nc2ccccc2Cl)n1. The molecule has 0 radical (unpaired) electrons. The predicted molar refractivity (Wildman–Crippen MR) is 130 cm³/mol. The van der Waals surface area contributed by atoms with Crippen LogP contribution in [0.25, 0.3) is 0 Å². The fraction of sp³-hybridized carbons (Fsp3) is 0.125. The molecule has 4 aromatic rings. The molecule has 11 heteroatoms. The molecular weight excluding hydrogens is 495 g/mol. The summed E-state index contributed by atoms with van der Waals surface area (Å²) in [6.45, 7) is 0.337. The Morgan fingerprint density at radius 1 is 1.11 bits per heavy atom. The third-order valence-corrected chi connectivity index (χ3v) is 6.14. The lowest BCUT2D eigenvalue weighted by molar-refractivity contribution is 0.102. The van der Waals surface area contributed by atoms with E-state index >= 15 is 0 Å². The first-order valence-corrected chi connectivity index (χ1v) is 12.6. The quantitative estimate of drug-likeness (QED) is 0.339. The summed E-state index contributed by atoms with van der Waals surface area (Å²) in [5, 5.41) is 2.46. The van der Waals surface area contributed by atoms with Gasteiger partial charge in [-0.2, -0.15) is 0 Å². The number of carbonyl (C=O) groups excluding carboxylic acids is 1. The molecule has 0 saturated heterocycles. The highest BCUT2D eigenvalue weighted by molar-refractivity contribution is 7.90. The van der Waals surface area contributed by atoms with Crippen molar-refractivity contribution in [1.29, 1.82) is 0 Å². The molecule has 0 aliphatic carbocycles. The normalized spacial score (nSPS) is 11.3. The van der Waals surface area contributed by atoms with E-state index in [1.807, 2.05) is 0 Å². The first-order chi connectivity index (χ1) is 16.7. The number of aromatic nitrogens is 2. The van der Waals surface area contributed by atoms with E-state index in [2.05, 4.69) is 15.3 Å². The van der Waals surface area contributed by atoms with Crippen molar-refractivity contribution in [2.75, 3.05) is 16.5 Å². The zero-order valence-corrected chi connectivity index (χ0v) is 20.1. The molecule has 0 spiro atoms. The van der Waals surface area contributed by atoms with Crippen LogP contribution in [-0.4, -0.2) is 30.5 Å². The van der Waals surface area contributed by atoms with E-state index in [-0.39, 0.29) is 24.5 Å². The summed E-state index contributed by atoms with van der Waals surface area (Å²) in [5.41, 5.74) is 0.972. The molecule has 0 unspecified atom stereocenters. The van der Waals surface area contributed by atoms with E-state index < -0.39 is 26.7 Å². The Hall–Kier alpha value is -3.76. The third kappa shape index (κ3) is 6.03. The number of para-hydroxylation sites is 1. The maximum atomic E-state index is 13.9. The summed E-state index contributed by atoms with van der Waals surface area (Å²) in [6, 6.07) is 16.1. The van der Waals surface area contributed by atoms with Gasteiger partial charge in [-0.05, 0) is 42.0 Å². The Bertz CT molecular complexity index is 1460. The molecule has 0 aliphatic rings. The van der Waals surface area contributed by atoms with Gasteiger partial charge in [0.05, 0.1) is 35.4 Å². The van der Waals surface area contributed by atoms with Crippen molar-refractivity contribution in [2.45, 2.75) is 18.2 Å². The third-order valence-electron chi connectivity index (χ3n) is 4.95. The van der Waals surface area contributed by atoms with Gasteiger partial charge in [0.25, 0.3) is 5.91 Å². The van der Waals surface area contributed by atoms with Gasteiger partial charge in [-0.25, -0.2) is 22.8 Å². The Balaban J connectivity index is 1.80. The minimum atomic E-state index is -3.81. The molecule has 8 nitrogen and oxygen atoms in total. The highest BCUT2D eigenvalue weighted by Gasteiger charge is 2.24. The number of rotatable bonds is 8. The molecule has 180 valence electrons. The Morgan fingerprint density at radius 2 is 1.91 bits per heavy atom. The molecule has 2 aromatic carbocycles. The van der Waals surface area contributed by atoms with Crippen molar-refractivity contribution in [3.05, 3.63) is 101 Å². The highest BCUT2D eigenvalue weighted by Crippen LogP contribution is 2.27. The largest absolute Gasteiger partial charge is 0.467 e. The number of carbonyl (C=O) groups is 1. The van der Waals surface area contributed by atoms with Gasteiger partial charge in [-0.3, -0.25) is 4.79 Å². The minimum absolute atomic E-state index is 0.159. The van der Waals surface area contributed by atoms with Crippen LogP contribution in [-0.2, 0) is 22.9 Å². The second kappa shape index (κ2) is 10.2. The molecule has 0 saturated carbocycles. The lowest BCUT2D eigenvalue weighted by atomic mass is 10.1. The molecule has 0 atom stereocenters. The molecule has 2 aromatic heterocycles. The number of furan rings is 1. The van der Waals surface area contributed by atoms with Crippen LogP contribution in [0.15, 0.2) is 82.7 Å². The summed E-state index contributed by atoms with van der Waals surface area (Å²) in [6.07, 6.45) is 3.71. The minimum Gasteiger partial charge on any atom is -0.467 e. The van der Waals surface area contributed by atoms with Gasteiger partial charge in [0.1, 0.15) is 11.6 Å². The fourth-order valence-corrected chi connectivity index (χ4v) is 4.04. The zero-order valence-electron chi connectivity index (χ0n) is 18.5. The predicted octanol–water partition coefficient (Wildman–Crippen LogP) is 4.72. The molecule has 0 aliphatic heterocycles. The van der Waals surface area contributed by atoms with Crippen molar-refractivity contribution in [3.8, 4) is 0 Å². The van der Waals surface area contributed by atoms with E-state index in [4.69, 9.17) is 16.0 Å². The monoisotopic (exact) mass is 514 g/mol. The second-order valence-corrected chi connectivity index (χ2v) is 9.97. The number of hydrogen-bond donors (Lipinski definition) is 1. The van der Waals surface area contributed by atoms with E-state index in [1.54, 1.807) is 53.4 Å². The molecule has 0 fully saturated rings. The first kappa shape index (κ1) is 24.4. The molecular formula is C24H20ClFN4O4S. The number of anilines is 2. The van der Waals surface area contributed by atoms with Gasteiger partial charge >= 0.3 is 0 Å². The van der Waals surface area contributed by atoms with Gasteiger partial charge in [0, 0.05) is 12.8 Å². The highest BCUT2D eigenvalue weighted by atomic mass is 35.5. The number of benzene rings is 2. The van der Waals surface area contributed by atoms with Crippen LogP contribution in [0.2, 0.25) is 5.02 Å². The van der Waals surface area contributed by atoms with Crippen LogP contribution in [0.5, 0.6) is 0 Å². The van der Waals surface area contributed by atoms with Gasteiger partial charge in [0.15, 0.2) is 5.69 Å². The maximum Gasteiger partial charge on any atom is 0.276 e. The number of halogens is 2. The average molecular weight is 515 g/mol. The van der Waals surface area contributed by atoms with E-state index in [0.717, 1.165) is 6.26 Å². The number of sulfone groups is 1. The summed E-state index contributed by atoms with van der Waals surface area (Å²) < 4.78 is 43.6. The van der Waals surface area contributed by atoms with E-state index in [9.17, 15) is 17.6 Å². The van der Waals surface area contributed by atoms with Crippen molar-refractivity contribution in [3.63, 3.8) is 0 Å². The lowest BCUT2D eigenvalue weighted by Gasteiger charge is -2.25.